The van der Waals surface area contributed by atoms with Crippen LogP contribution in [0.2, 0.25) is 0 Å². The van der Waals surface area contributed by atoms with Crippen molar-refractivity contribution >= 4 is 22.6 Å². The van der Waals surface area contributed by atoms with E-state index in [1.807, 2.05) is 22.6 Å². The van der Waals surface area contributed by atoms with Gasteiger partial charge in [0.15, 0.2) is 3.83 Å². The molecule has 0 bridgehead atoms. The maximum Gasteiger partial charge on any atom is 0.254 e. The smallest absolute Gasteiger partial charge is 0.254 e. The Morgan fingerprint density at radius 1 is 1.78 bits per heavy atom. The zero-order chi connectivity index (χ0) is 6.85. The predicted octanol–water partition coefficient (Wildman–Crippen LogP) is 0.683. The highest BCUT2D eigenvalue weighted by molar-refractivity contribution is 14.1. The van der Waals surface area contributed by atoms with Crippen LogP contribution in [0.15, 0.2) is 11.0 Å². The molecule has 0 aliphatic heterocycles. The number of aromatic nitrogens is 2. The number of nitrogens with zero attached hydrogens (tertiary/aromatic N) is 1. The molecule has 0 unspecified atom stereocenters. The highest BCUT2D eigenvalue weighted by Crippen LogP contribution is 1.90. The number of aryl methyl sites for hydroxylation is 1. The Balaban J connectivity index is 3.34. The van der Waals surface area contributed by atoms with Gasteiger partial charge in [0.25, 0.3) is 5.56 Å². The van der Waals surface area contributed by atoms with Gasteiger partial charge in [-0.1, -0.05) is 0 Å². The Labute approximate surface area is 65.7 Å². The monoisotopic (exact) mass is 236 g/mol. The molecule has 0 aliphatic carbocycles. The minimum absolute atomic E-state index is 0.0607. The van der Waals surface area contributed by atoms with E-state index in [0.717, 1.165) is 0 Å². The molecule has 4 heteroatoms. The summed E-state index contributed by atoms with van der Waals surface area (Å²) >= 11 is 1.96. The normalized spacial score (nSPS) is 9.56. The fourth-order valence-electron chi connectivity index (χ4n) is 0.437. The zero-order valence-corrected chi connectivity index (χ0v) is 6.97. The van der Waals surface area contributed by atoms with Gasteiger partial charge in [-0.3, -0.25) is 4.79 Å². The van der Waals surface area contributed by atoms with Crippen LogP contribution in [0.4, 0.5) is 0 Å². The lowest BCUT2D eigenvalue weighted by molar-refractivity contribution is 1.03. The quantitative estimate of drug-likeness (QED) is 0.531. The average molecular weight is 236 g/mol. The Kier molecular flexibility index (Phi) is 1.84. The SMILES string of the molecule is Cc1cnc(I)[nH]c1=O. The van der Waals surface area contributed by atoms with Crippen LogP contribution in [0.5, 0.6) is 0 Å². The maximum absolute atomic E-state index is 10.7. The third kappa shape index (κ3) is 1.51. The summed E-state index contributed by atoms with van der Waals surface area (Å²) in [6.45, 7) is 1.72. The minimum atomic E-state index is -0.0607. The molecule has 0 aromatic carbocycles. The molecular weight excluding hydrogens is 231 g/mol. The van der Waals surface area contributed by atoms with Crippen molar-refractivity contribution in [2.24, 2.45) is 0 Å². The van der Waals surface area contributed by atoms with E-state index in [2.05, 4.69) is 9.97 Å². The van der Waals surface area contributed by atoms with Gasteiger partial charge in [0, 0.05) is 11.8 Å². The standard InChI is InChI=1S/C5H5IN2O/c1-3-2-7-5(6)8-4(3)9/h2H,1H3,(H,7,8,9). The molecule has 0 spiro atoms. The van der Waals surface area contributed by atoms with E-state index in [9.17, 15) is 4.79 Å². The number of H-pyrrole nitrogens is 1. The van der Waals surface area contributed by atoms with Crippen LogP contribution in [0, 0.1) is 10.8 Å². The summed E-state index contributed by atoms with van der Waals surface area (Å²) in [5.74, 6) is 0. The molecule has 1 rings (SSSR count). The van der Waals surface area contributed by atoms with Crippen LogP contribution in [-0.4, -0.2) is 9.97 Å². The van der Waals surface area contributed by atoms with Gasteiger partial charge in [0.1, 0.15) is 0 Å². The van der Waals surface area contributed by atoms with Crippen LogP contribution >= 0.6 is 22.6 Å². The van der Waals surface area contributed by atoms with Crippen LogP contribution in [0.1, 0.15) is 5.56 Å². The minimum Gasteiger partial charge on any atom is -0.302 e. The zero-order valence-electron chi connectivity index (χ0n) is 4.81. The average Bonchev–Trinajstić information content (AvgIpc) is 1.80. The first-order chi connectivity index (χ1) is 4.20. The molecule has 0 fully saturated rings. The summed E-state index contributed by atoms with van der Waals surface area (Å²) in [7, 11) is 0. The Morgan fingerprint density at radius 3 is 2.89 bits per heavy atom. The van der Waals surface area contributed by atoms with Gasteiger partial charge in [-0.25, -0.2) is 4.98 Å². The Bertz CT molecular complexity index is 268. The summed E-state index contributed by atoms with van der Waals surface area (Å²) in [5, 5.41) is 0. The van der Waals surface area contributed by atoms with Crippen molar-refractivity contribution in [2.45, 2.75) is 6.92 Å². The van der Waals surface area contributed by atoms with Gasteiger partial charge in [-0.15, -0.1) is 0 Å². The molecule has 1 heterocycles. The van der Waals surface area contributed by atoms with Crippen molar-refractivity contribution < 1.29 is 0 Å². The van der Waals surface area contributed by atoms with Gasteiger partial charge < -0.3 is 4.98 Å². The molecule has 1 N–H and O–H groups in total. The second-order valence-corrected chi connectivity index (χ2v) is 2.71. The van der Waals surface area contributed by atoms with Gasteiger partial charge >= 0.3 is 0 Å². The van der Waals surface area contributed by atoms with E-state index < -0.39 is 0 Å². The molecule has 1 aromatic heterocycles. The molecule has 1 aromatic rings. The van der Waals surface area contributed by atoms with Crippen molar-refractivity contribution in [3.8, 4) is 0 Å². The molecule has 0 amide bonds. The summed E-state index contributed by atoms with van der Waals surface area (Å²) in [5.41, 5.74) is 0.588. The summed E-state index contributed by atoms with van der Waals surface area (Å²) in [4.78, 5) is 17.2. The molecule has 0 atom stereocenters. The number of halogens is 1. The number of hydrogen-bond donors (Lipinski definition) is 1. The van der Waals surface area contributed by atoms with Crippen molar-refractivity contribution in [2.75, 3.05) is 0 Å². The van der Waals surface area contributed by atoms with E-state index in [4.69, 9.17) is 0 Å². The molecule has 9 heavy (non-hydrogen) atoms. The van der Waals surface area contributed by atoms with Crippen molar-refractivity contribution in [1.82, 2.24) is 9.97 Å². The van der Waals surface area contributed by atoms with Gasteiger partial charge in [0.2, 0.25) is 0 Å². The fourth-order valence-corrected chi connectivity index (χ4v) is 0.821. The highest BCUT2D eigenvalue weighted by Gasteiger charge is 1.91. The second-order valence-electron chi connectivity index (χ2n) is 1.69. The lowest BCUT2D eigenvalue weighted by Gasteiger charge is -1.88. The number of hydrogen-bond acceptors (Lipinski definition) is 2. The van der Waals surface area contributed by atoms with E-state index in [0.29, 0.717) is 9.39 Å². The third-order valence-corrected chi connectivity index (χ3v) is 1.49. The second kappa shape index (κ2) is 2.47. The summed E-state index contributed by atoms with van der Waals surface area (Å²) in [6, 6.07) is 0. The predicted molar refractivity (Wildman–Crippen MR) is 42.3 cm³/mol. The lowest BCUT2D eigenvalue weighted by Crippen LogP contribution is -2.11. The van der Waals surface area contributed by atoms with Crippen LogP contribution < -0.4 is 5.56 Å². The first-order valence-electron chi connectivity index (χ1n) is 2.41. The Hall–Kier alpha value is -0.390. The summed E-state index contributed by atoms with van der Waals surface area (Å²) < 4.78 is 0.628. The Morgan fingerprint density at radius 2 is 2.44 bits per heavy atom. The highest BCUT2D eigenvalue weighted by atomic mass is 127. The molecule has 0 aliphatic rings. The fraction of sp³-hybridized carbons (Fsp3) is 0.200. The molecule has 0 radical (unpaired) electrons. The topological polar surface area (TPSA) is 45.8 Å². The first-order valence-corrected chi connectivity index (χ1v) is 3.49. The van der Waals surface area contributed by atoms with Crippen LogP contribution in [-0.2, 0) is 0 Å². The number of nitrogens with one attached hydrogen (secondary N) is 1. The van der Waals surface area contributed by atoms with E-state index >= 15 is 0 Å². The third-order valence-electron chi connectivity index (χ3n) is 0.946. The molecular formula is C5H5IN2O. The van der Waals surface area contributed by atoms with E-state index in [1.54, 1.807) is 13.1 Å². The lowest BCUT2D eigenvalue weighted by atomic mass is 10.4. The van der Waals surface area contributed by atoms with E-state index in [1.165, 1.54) is 0 Å². The van der Waals surface area contributed by atoms with Crippen molar-refractivity contribution in [3.05, 3.63) is 25.9 Å². The van der Waals surface area contributed by atoms with Gasteiger partial charge in [-0.2, -0.15) is 0 Å². The number of aromatic amines is 1. The van der Waals surface area contributed by atoms with Gasteiger partial charge in [-0.05, 0) is 29.5 Å². The molecule has 3 nitrogen and oxygen atoms in total. The molecule has 0 saturated carbocycles. The molecule has 48 valence electrons. The molecule has 0 saturated heterocycles. The largest absolute Gasteiger partial charge is 0.302 e. The van der Waals surface area contributed by atoms with Crippen molar-refractivity contribution in [1.29, 1.82) is 0 Å². The van der Waals surface area contributed by atoms with Crippen molar-refractivity contribution in [3.63, 3.8) is 0 Å². The maximum atomic E-state index is 10.7. The van der Waals surface area contributed by atoms with Crippen LogP contribution in [0.3, 0.4) is 0 Å². The van der Waals surface area contributed by atoms with Gasteiger partial charge in [0.05, 0.1) is 0 Å². The summed E-state index contributed by atoms with van der Waals surface area (Å²) in [6.07, 6.45) is 1.56. The number of rotatable bonds is 0. The van der Waals surface area contributed by atoms with E-state index in [-0.39, 0.29) is 5.56 Å². The van der Waals surface area contributed by atoms with Crippen LogP contribution in [0.25, 0.3) is 0 Å². The first kappa shape index (κ1) is 6.73.